The molecule has 0 aromatic heterocycles. The Morgan fingerprint density at radius 2 is 1.50 bits per heavy atom. The number of phenols is 1. The van der Waals surface area contributed by atoms with Gasteiger partial charge in [0.2, 0.25) is 0 Å². The summed E-state index contributed by atoms with van der Waals surface area (Å²) in [5.74, 6) is 0.164. The zero-order valence-corrected chi connectivity index (χ0v) is 15.5. The number of aromatic hydroxyl groups is 1. The summed E-state index contributed by atoms with van der Waals surface area (Å²) in [6.07, 6.45) is -2.01. The molecule has 6 heteroatoms. The first-order valence-electron chi connectivity index (χ1n) is 8.59. The summed E-state index contributed by atoms with van der Waals surface area (Å²) in [5, 5.41) is 12.6. The van der Waals surface area contributed by atoms with Crippen molar-refractivity contribution >= 4 is 10.8 Å². The molecule has 1 aliphatic rings. The van der Waals surface area contributed by atoms with Gasteiger partial charge in [-0.3, -0.25) is 0 Å². The second-order valence-electron chi connectivity index (χ2n) is 6.41. The molecule has 0 spiro atoms. The number of rotatable bonds is 6. The minimum Gasteiger partial charge on any atom is -0.508 e. The van der Waals surface area contributed by atoms with Crippen molar-refractivity contribution in [3.63, 3.8) is 0 Å². The molecule has 142 valence electrons. The van der Waals surface area contributed by atoms with E-state index in [1.165, 1.54) is 0 Å². The molecule has 0 saturated carbocycles. The predicted octanol–water partition coefficient (Wildman–Crippen LogP) is 2.68. The average molecular weight is 362 g/mol. The van der Waals surface area contributed by atoms with Crippen LogP contribution in [0.2, 0.25) is 0 Å². The van der Waals surface area contributed by atoms with Crippen LogP contribution in [0.3, 0.4) is 0 Å². The van der Waals surface area contributed by atoms with Crippen LogP contribution in [0.25, 0.3) is 10.8 Å². The highest BCUT2D eigenvalue weighted by Crippen LogP contribution is 2.41. The smallest absolute Gasteiger partial charge is 0.122 e. The number of benzene rings is 2. The molecule has 0 bridgehead atoms. The third-order valence-corrected chi connectivity index (χ3v) is 4.98. The fourth-order valence-corrected chi connectivity index (χ4v) is 3.75. The van der Waals surface area contributed by atoms with Gasteiger partial charge in [-0.2, -0.15) is 0 Å². The van der Waals surface area contributed by atoms with E-state index in [2.05, 4.69) is 0 Å². The van der Waals surface area contributed by atoms with E-state index >= 15 is 0 Å². The number of hydrogen-bond donors (Lipinski definition) is 1. The quantitative estimate of drug-likeness (QED) is 0.852. The van der Waals surface area contributed by atoms with Crippen molar-refractivity contribution in [3.05, 3.63) is 42.0 Å². The van der Waals surface area contributed by atoms with Crippen molar-refractivity contribution < 1.29 is 28.8 Å². The van der Waals surface area contributed by atoms with Gasteiger partial charge in [0.15, 0.2) is 0 Å². The summed E-state index contributed by atoms with van der Waals surface area (Å²) in [7, 11) is 6.45. The van der Waals surface area contributed by atoms with Gasteiger partial charge in [0.05, 0.1) is 6.61 Å². The maximum Gasteiger partial charge on any atom is 0.122 e. The van der Waals surface area contributed by atoms with Crippen molar-refractivity contribution in [1.29, 1.82) is 0 Å². The molecule has 1 N–H and O–H groups in total. The largest absolute Gasteiger partial charge is 0.508 e. The summed E-state index contributed by atoms with van der Waals surface area (Å²) in [6, 6.07) is 11.5. The summed E-state index contributed by atoms with van der Waals surface area (Å²) in [4.78, 5) is 0. The molecular formula is C20H26O6. The monoisotopic (exact) mass is 362 g/mol. The third kappa shape index (κ3) is 3.43. The Labute approximate surface area is 153 Å². The lowest BCUT2D eigenvalue weighted by atomic mass is 9.89. The van der Waals surface area contributed by atoms with Gasteiger partial charge in [-0.25, -0.2) is 0 Å². The fraction of sp³-hybridized carbons (Fsp3) is 0.500. The van der Waals surface area contributed by atoms with E-state index in [0.29, 0.717) is 12.2 Å². The van der Waals surface area contributed by atoms with Gasteiger partial charge in [0, 0.05) is 34.0 Å². The molecule has 1 saturated heterocycles. The SMILES string of the molecule is COC[C@H]1O[C@@H](c2cc3ccccc3cc2O)[C@H](OC)[C@@H](OC)[C@@H]1OC. The first-order valence-corrected chi connectivity index (χ1v) is 8.59. The molecule has 2 aromatic carbocycles. The summed E-state index contributed by atoms with van der Waals surface area (Å²) in [5.41, 5.74) is 0.660. The summed E-state index contributed by atoms with van der Waals surface area (Å²) < 4.78 is 28.6. The van der Waals surface area contributed by atoms with Crippen LogP contribution < -0.4 is 0 Å². The molecule has 2 aromatic rings. The highest BCUT2D eigenvalue weighted by atomic mass is 16.6. The van der Waals surface area contributed by atoms with E-state index in [1.54, 1.807) is 34.5 Å². The lowest BCUT2D eigenvalue weighted by molar-refractivity contribution is -0.252. The molecule has 0 aliphatic carbocycles. The van der Waals surface area contributed by atoms with E-state index in [9.17, 15) is 5.11 Å². The third-order valence-electron chi connectivity index (χ3n) is 4.98. The second-order valence-corrected chi connectivity index (χ2v) is 6.41. The zero-order valence-electron chi connectivity index (χ0n) is 15.5. The van der Waals surface area contributed by atoms with Crippen LogP contribution in [0.4, 0.5) is 0 Å². The summed E-state index contributed by atoms with van der Waals surface area (Å²) >= 11 is 0. The number of fused-ring (bicyclic) bond motifs is 1. The van der Waals surface area contributed by atoms with Gasteiger partial charge in [0.25, 0.3) is 0 Å². The number of methoxy groups -OCH3 is 4. The minimum atomic E-state index is -0.513. The van der Waals surface area contributed by atoms with Crippen molar-refractivity contribution in [2.24, 2.45) is 0 Å². The lowest BCUT2D eigenvalue weighted by Gasteiger charge is -2.45. The molecule has 0 amide bonds. The Balaban J connectivity index is 2.05. The van der Waals surface area contributed by atoms with Gasteiger partial charge >= 0.3 is 0 Å². The van der Waals surface area contributed by atoms with E-state index in [4.69, 9.17) is 23.7 Å². The minimum absolute atomic E-state index is 0.164. The molecular weight excluding hydrogens is 336 g/mol. The Kier molecular flexibility index (Phi) is 6.11. The van der Waals surface area contributed by atoms with E-state index in [-0.39, 0.29) is 24.1 Å². The zero-order chi connectivity index (χ0) is 18.7. The van der Waals surface area contributed by atoms with E-state index < -0.39 is 12.2 Å². The van der Waals surface area contributed by atoms with Crippen LogP contribution in [-0.2, 0) is 23.7 Å². The van der Waals surface area contributed by atoms with Crippen molar-refractivity contribution in [3.8, 4) is 5.75 Å². The van der Waals surface area contributed by atoms with Crippen molar-refractivity contribution in [2.45, 2.75) is 30.5 Å². The number of ether oxygens (including phenoxy) is 5. The Bertz CT molecular complexity index is 733. The highest BCUT2D eigenvalue weighted by molar-refractivity contribution is 5.85. The lowest BCUT2D eigenvalue weighted by Crippen LogP contribution is -2.57. The van der Waals surface area contributed by atoms with Crippen LogP contribution in [0.5, 0.6) is 5.75 Å². The molecule has 3 rings (SSSR count). The van der Waals surface area contributed by atoms with Crippen LogP contribution in [0.15, 0.2) is 36.4 Å². The summed E-state index contributed by atoms with van der Waals surface area (Å²) in [6.45, 7) is 0.347. The molecule has 0 radical (unpaired) electrons. The Morgan fingerprint density at radius 1 is 0.885 bits per heavy atom. The van der Waals surface area contributed by atoms with Crippen molar-refractivity contribution in [2.75, 3.05) is 35.0 Å². The normalized spacial score (nSPS) is 29.2. The maximum atomic E-state index is 10.6. The average Bonchev–Trinajstić information content (AvgIpc) is 2.66. The molecule has 1 heterocycles. The van der Waals surface area contributed by atoms with Gasteiger partial charge < -0.3 is 28.8 Å². The maximum absolute atomic E-state index is 10.6. The van der Waals surface area contributed by atoms with Crippen LogP contribution in [0, 0.1) is 0 Å². The predicted molar refractivity (Wildman–Crippen MR) is 97.5 cm³/mol. The van der Waals surface area contributed by atoms with Crippen LogP contribution >= 0.6 is 0 Å². The van der Waals surface area contributed by atoms with Crippen LogP contribution in [0.1, 0.15) is 11.7 Å². The number of hydrogen-bond acceptors (Lipinski definition) is 6. The van der Waals surface area contributed by atoms with Gasteiger partial charge in [-0.1, -0.05) is 24.3 Å². The molecule has 1 fully saturated rings. The van der Waals surface area contributed by atoms with E-state index in [1.807, 2.05) is 30.3 Å². The first-order chi connectivity index (χ1) is 12.6. The molecule has 1 aliphatic heterocycles. The first kappa shape index (κ1) is 19.1. The van der Waals surface area contributed by atoms with Crippen LogP contribution in [-0.4, -0.2) is 64.6 Å². The fourth-order valence-electron chi connectivity index (χ4n) is 3.75. The molecule has 26 heavy (non-hydrogen) atoms. The topological polar surface area (TPSA) is 66.4 Å². The molecule has 5 atom stereocenters. The van der Waals surface area contributed by atoms with Crippen molar-refractivity contribution in [1.82, 2.24) is 0 Å². The highest BCUT2D eigenvalue weighted by Gasteiger charge is 2.48. The second kappa shape index (κ2) is 8.33. The molecule has 6 nitrogen and oxygen atoms in total. The van der Waals surface area contributed by atoms with Gasteiger partial charge in [0.1, 0.15) is 36.3 Å². The van der Waals surface area contributed by atoms with E-state index in [0.717, 1.165) is 10.8 Å². The van der Waals surface area contributed by atoms with Gasteiger partial charge in [-0.15, -0.1) is 0 Å². The Morgan fingerprint density at radius 3 is 2.08 bits per heavy atom. The van der Waals surface area contributed by atoms with Gasteiger partial charge in [-0.05, 0) is 22.9 Å². The number of phenolic OH excluding ortho intramolecular Hbond substituents is 1. The standard InChI is InChI=1S/C20H26O6/c1-22-11-16-18(23-2)20(25-4)19(24-3)17(26-16)14-9-12-7-5-6-8-13(12)10-15(14)21/h5-10,16-21H,11H2,1-4H3/t16-,17+,18-,19+,20+/m1/s1. The molecule has 0 unspecified atom stereocenters. The Hall–Kier alpha value is -1.70.